The van der Waals surface area contributed by atoms with E-state index in [9.17, 15) is 0 Å². The zero-order valence-electron chi connectivity index (χ0n) is 11.4. The maximum absolute atomic E-state index is 6.28. The van der Waals surface area contributed by atoms with E-state index >= 15 is 0 Å². The Bertz CT molecular complexity index is 614. The first-order valence-corrected chi connectivity index (χ1v) is 7.16. The number of halogens is 1. The van der Waals surface area contributed by atoms with Crippen molar-refractivity contribution >= 4 is 17.4 Å². The molecule has 2 aromatic rings. The minimum Gasteiger partial charge on any atom is -0.382 e. The quantitative estimate of drug-likeness (QED) is 0.907. The van der Waals surface area contributed by atoms with Crippen LogP contribution in [0.15, 0.2) is 24.3 Å². The van der Waals surface area contributed by atoms with Gasteiger partial charge in [-0.15, -0.1) is 0 Å². The highest BCUT2D eigenvalue weighted by atomic mass is 35.5. The van der Waals surface area contributed by atoms with E-state index in [4.69, 9.17) is 22.1 Å². The number of nitrogens with zero attached hydrogens (tertiary/aromatic N) is 1. The predicted octanol–water partition coefficient (Wildman–Crippen LogP) is 3.42. The number of nitrogens with one attached hydrogen (secondary N) is 1. The standard InChI is InChI=1S/C15H18ClN3O/c1-20-15(7-4-8-15)9-12-13(14(17)19-18-12)10-5-2-3-6-11(10)16/h2-3,5-6H,4,7-9H2,1H3,(H3,17,18,19). The molecule has 0 aliphatic heterocycles. The highest BCUT2D eigenvalue weighted by Crippen LogP contribution is 2.41. The number of hydrogen-bond acceptors (Lipinski definition) is 3. The minimum absolute atomic E-state index is 0.0744. The molecule has 3 rings (SSSR count). The van der Waals surface area contributed by atoms with Crippen molar-refractivity contribution in [3.63, 3.8) is 0 Å². The molecule has 106 valence electrons. The predicted molar refractivity (Wildman–Crippen MR) is 80.7 cm³/mol. The molecule has 0 unspecified atom stereocenters. The van der Waals surface area contributed by atoms with Crippen LogP contribution in [0.5, 0.6) is 0 Å². The molecular formula is C15H18ClN3O. The average Bonchev–Trinajstić information content (AvgIpc) is 2.76. The van der Waals surface area contributed by atoms with Crippen molar-refractivity contribution in [2.45, 2.75) is 31.3 Å². The number of benzene rings is 1. The zero-order valence-corrected chi connectivity index (χ0v) is 12.2. The van der Waals surface area contributed by atoms with E-state index in [1.165, 1.54) is 6.42 Å². The molecular weight excluding hydrogens is 274 g/mol. The molecule has 0 atom stereocenters. The summed E-state index contributed by atoms with van der Waals surface area (Å²) in [5.41, 5.74) is 8.76. The topological polar surface area (TPSA) is 63.9 Å². The Morgan fingerprint density at radius 1 is 1.40 bits per heavy atom. The highest BCUT2D eigenvalue weighted by molar-refractivity contribution is 6.33. The van der Waals surface area contributed by atoms with Gasteiger partial charge in [-0.2, -0.15) is 5.10 Å². The van der Waals surface area contributed by atoms with Crippen molar-refractivity contribution in [3.8, 4) is 11.1 Å². The number of nitrogens with two attached hydrogens (primary N) is 1. The third-order valence-corrected chi connectivity index (χ3v) is 4.54. The molecule has 1 heterocycles. The molecule has 0 amide bonds. The Balaban J connectivity index is 2.00. The van der Waals surface area contributed by atoms with Crippen LogP contribution in [0.4, 0.5) is 5.82 Å². The molecule has 5 heteroatoms. The van der Waals surface area contributed by atoms with Gasteiger partial charge in [-0.05, 0) is 25.3 Å². The second-order valence-corrected chi connectivity index (χ2v) is 5.77. The maximum Gasteiger partial charge on any atom is 0.153 e. The number of aromatic nitrogens is 2. The van der Waals surface area contributed by atoms with Gasteiger partial charge >= 0.3 is 0 Å². The van der Waals surface area contributed by atoms with Crippen LogP contribution >= 0.6 is 11.6 Å². The summed E-state index contributed by atoms with van der Waals surface area (Å²) in [4.78, 5) is 0. The fraction of sp³-hybridized carbons (Fsp3) is 0.400. The van der Waals surface area contributed by atoms with E-state index in [1.54, 1.807) is 7.11 Å². The van der Waals surface area contributed by atoms with Crippen molar-refractivity contribution in [2.75, 3.05) is 12.8 Å². The summed E-state index contributed by atoms with van der Waals surface area (Å²) in [6.45, 7) is 0. The molecule has 0 saturated heterocycles. The first kappa shape index (κ1) is 13.5. The van der Waals surface area contributed by atoms with E-state index < -0.39 is 0 Å². The Labute approximate surface area is 123 Å². The first-order valence-electron chi connectivity index (χ1n) is 6.78. The molecule has 0 spiro atoms. The van der Waals surface area contributed by atoms with E-state index in [1.807, 2.05) is 24.3 Å². The molecule has 1 aromatic heterocycles. The smallest absolute Gasteiger partial charge is 0.153 e. The van der Waals surface area contributed by atoms with Gasteiger partial charge in [0.15, 0.2) is 5.82 Å². The Hall–Kier alpha value is -1.52. The van der Waals surface area contributed by atoms with Gasteiger partial charge in [0.25, 0.3) is 0 Å². The van der Waals surface area contributed by atoms with Crippen LogP contribution in [-0.2, 0) is 11.2 Å². The van der Waals surface area contributed by atoms with Crippen LogP contribution in [-0.4, -0.2) is 22.9 Å². The largest absolute Gasteiger partial charge is 0.382 e. The number of anilines is 1. The summed E-state index contributed by atoms with van der Waals surface area (Å²) in [5.74, 6) is 0.485. The second-order valence-electron chi connectivity index (χ2n) is 5.36. The van der Waals surface area contributed by atoms with E-state index in [0.29, 0.717) is 10.8 Å². The highest BCUT2D eigenvalue weighted by Gasteiger charge is 2.38. The molecule has 0 bridgehead atoms. The molecule has 1 aromatic carbocycles. The van der Waals surface area contributed by atoms with Crippen LogP contribution in [0.2, 0.25) is 5.02 Å². The maximum atomic E-state index is 6.28. The van der Waals surface area contributed by atoms with Gasteiger partial charge in [0.05, 0.1) is 5.60 Å². The summed E-state index contributed by atoms with van der Waals surface area (Å²) >= 11 is 6.28. The number of aromatic amines is 1. The second kappa shape index (κ2) is 5.11. The van der Waals surface area contributed by atoms with Crippen molar-refractivity contribution in [1.29, 1.82) is 0 Å². The van der Waals surface area contributed by atoms with Crippen LogP contribution in [0.1, 0.15) is 25.0 Å². The van der Waals surface area contributed by atoms with E-state index in [2.05, 4.69) is 10.2 Å². The summed E-state index contributed by atoms with van der Waals surface area (Å²) in [5, 5.41) is 7.88. The molecule has 4 nitrogen and oxygen atoms in total. The number of methoxy groups -OCH3 is 1. The van der Waals surface area contributed by atoms with Gasteiger partial charge in [0, 0.05) is 35.4 Å². The Morgan fingerprint density at radius 2 is 2.15 bits per heavy atom. The van der Waals surface area contributed by atoms with Gasteiger partial charge in [-0.25, -0.2) is 0 Å². The van der Waals surface area contributed by atoms with Crippen LogP contribution < -0.4 is 5.73 Å². The van der Waals surface area contributed by atoms with Crippen LogP contribution in [0.3, 0.4) is 0 Å². The fourth-order valence-corrected chi connectivity index (χ4v) is 3.06. The molecule has 0 radical (unpaired) electrons. The van der Waals surface area contributed by atoms with Gasteiger partial charge in [0.2, 0.25) is 0 Å². The van der Waals surface area contributed by atoms with Crippen LogP contribution in [0, 0.1) is 0 Å². The fourth-order valence-electron chi connectivity index (χ4n) is 2.83. The molecule has 1 aliphatic rings. The first-order chi connectivity index (χ1) is 9.65. The van der Waals surface area contributed by atoms with E-state index in [0.717, 1.165) is 36.1 Å². The number of H-pyrrole nitrogens is 1. The lowest BCUT2D eigenvalue weighted by atomic mass is 9.76. The van der Waals surface area contributed by atoms with Gasteiger partial charge < -0.3 is 10.5 Å². The SMILES string of the molecule is COC1(Cc2[nH]nc(N)c2-c2ccccc2Cl)CCC1. The van der Waals surface area contributed by atoms with Crippen molar-refractivity contribution in [2.24, 2.45) is 0 Å². The summed E-state index contributed by atoms with van der Waals surface area (Å²) in [6.07, 6.45) is 4.14. The van der Waals surface area contributed by atoms with Gasteiger partial charge in [-0.1, -0.05) is 29.8 Å². The zero-order chi connectivity index (χ0) is 14.2. The number of nitrogen functional groups attached to an aromatic ring is 1. The van der Waals surface area contributed by atoms with Crippen molar-refractivity contribution < 1.29 is 4.74 Å². The van der Waals surface area contributed by atoms with Crippen molar-refractivity contribution in [1.82, 2.24) is 10.2 Å². The number of rotatable bonds is 4. The summed E-state index contributed by atoms with van der Waals surface area (Å²) < 4.78 is 5.69. The minimum atomic E-state index is -0.0744. The lowest BCUT2D eigenvalue weighted by Gasteiger charge is -2.40. The Kier molecular flexibility index (Phi) is 3.44. The molecule has 20 heavy (non-hydrogen) atoms. The summed E-state index contributed by atoms with van der Waals surface area (Å²) in [7, 11) is 1.77. The third kappa shape index (κ3) is 2.19. The molecule has 1 fully saturated rings. The van der Waals surface area contributed by atoms with Gasteiger partial charge in [-0.3, -0.25) is 5.10 Å². The Morgan fingerprint density at radius 3 is 2.75 bits per heavy atom. The number of ether oxygens (including phenoxy) is 1. The lowest BCUT2D eigenvalue weighted by molar-refractivity contribution is -0.0713. The summed E-state index contributed by atoms with van der Waals surface area (Å²) in [6, 6.07) is 7.69. The normalized spacial score (nSPS) is 16.9. The van der Waals surface area contributed by atoms with Gasteiger partial charge in [0.1, 0.15) is 0 Å². The van der Waals surface area contributed by atoms with E-state index in [-0.39, 0.29) is 5.60 Å². The average molecular weight is 292 g/mol. The lowest BCUT2D eigenvalue weighted by Crippen LogP contribution is -2.41. The number of hydrogen-bond donors (Lipinski definition) is 2. The molecule has 3 N–H and O–H groups in total. The third-order valence-electron chi connectivity index (χ3n) is 4.21. The molecule has 1 aliphatic carbocycles. The van der Waals surface area contributed by atoms with Crippen molar-refractivity contribution in [3.05, 3.63) is 35.0 Å². The monoisotopic (exact) mass is 291 g/mol. The van der Waals surface area contributed by atoms with Crippen LogP contribution in [0.25, 0.3) is 11.1 Å². The molecule has 1 saturated carbocycles.